The van der Waals surface area contributed by atoms with Gasteiger partial charge in [0.05, 0.1) is 29.3 Å². The number of anilines is 1. The smallest absolute Gasteiger partial charge is 0.0948 e. The van der Waals surface area contributed by atoms with Crippen molar-refractivity contribution in [2.24, 2.45) is 0 Å². The van der Waals surface area contributed by atoms with Crippen LogP contribution in [0.15, 0.2) is 35.2 Å². The van der Waals surface area contributed by atoms with Gasteiger partial charge in [-0.1, -0.05) is 27.5 Å². The molecular weight excluding hydrogens is 302 g/mol. The van der Waals surface area contributed by atoms with Crippen molar-refractivity contribution in [3.63, 3.8) is 0 Å². The molecule has 0 unspecified atom stereocenters. The molecule has 90 valence electrons. The fourth-order valence-corrected chi connectivity index (χ4v) is 2.34. The molecule has 0 amide bonds. The zero-order valence-electron chi connectivity index (χ0n) is 9.45. The van der Waals surface area contributed by atoms with Gasteiger partial charge >= 0.3 is 0 Å². The lowest BCUT2D eigenvalue weighted by Crippen LogP contribution is -2.06. The average molecular weight is 315 g/mol. The Kier molecular flexibility index (Phi) is 4.07. The summed E-state index contributed by atoms with van der Waals surface area (Å²) in [5.41, 5.74) is 2.07. The van der Waals surface area contributed by atoms with Crippen molar-refractivity contribution in [3.05, 3.63) is 45.9 Å². The average Bonchev–Trinajstić information content (AvgIpc) is 2.75. The van der Waals surface area contributed by atoms with Gasteiger partial charge < -0.3 is 9.88 Å². The molecule has 0 radical (unpaired) electrons. The molecule has 3 nitrogen and oxygen atoms in total. The van der Waals surface area contributed by atoms with E-state index in [2.05, 4.69) is 37.7 Å². The van der Waals surface area contributed by atoms with Gasteiger partial charge in [0, 0.05) is 17.2 Å². The molecule has 1 aromatic heterocycles. The van der Waals surface area contributed by atoms with Crippen molar-refractivity contribution in [2.45, 2.75) is 20.0 Å². The second-order valence-corrected chi connectivity index (χ2v) is 4.97. The first kappa shape index (κ1) is 12.5. The molecule has 2 aromatic rings. The van der Waals surface area contributed by atoms with E-state index in [-0.39, 0.29) is 0 Å². The number of hydrogen-bond acceptors (Lipinski definition) is 2. The maximum Gasteiger partial charge on any atom is 0.0948 e. The van der Waals surface area contributed by atoms with E-state index in [0.717, 1.165) is 28.9 Å². The highest BCUT2D eigenvalue weighted by atomic mass is 79.9. The van der Waals surface area contributed by atoms with Crippen LogP contribution >= 0.6 is 27.5 Å². The second kappa shape index (κ2) is 5.56. The Balaban J connectivity index is 2.07. The van der Waals surface area contributed by atoms with Crippen LogP contribution in [0, 0.1) is 0 Å². The summed E-state index contributed by atoms with van der Waals surface area (Å²) in [6, 6.07) is 5.80. The first-order chi connectivity index (χ1) is 8.20. The minimum absolute atomic E-state index is 0.710. The lowest BCUT2D eigenvalue weighted by atomic mass is 10.3. The van der Waals surface area contributed by atoms with Crippen molar-refractivity contribution in [3.8, 4) is 0 Å². The molecule has 5 heteroatoms. The summed E-state index contributed by atoms with van der Waals surface area (Å²) in [6.45, 7) is 3.73. The van der Waals surface area contributed by atoms with Crippen LogP contribution in [-0.4, -0.2) is 9.55 Å². The zero-order valence-corrected chi connectivity index (χ0v) is 11.8. The lowest BCUT2D eigenvalue weighted by molar-refractivity contribution is 0.719. The second-order valence-electron chi connectivity index (χ2n) is 3.65. The quantitative estimate of drug-likeness (QED) is 0.926. The van der Waals surface area contributed by atoms with Crippen LogP contribution in [0.2, 0.25) is 5.02 Å². The zero-order chi connectivity index (χ0) is 12.3. The maximum absolute atomic E-state index is 6.13. The van der Waals surface area contributed by atoms with Gasteiger partial charge in [0.1, 0.15) is 0 Å². The van der Waals surface area contributed by atoms with E-state index in [1.165, 1.54) is 0 Å². The molecule has 0 aliphatic heterocycles. The van der Waals surface area contributed by atoms with E-state index < -0.39 is 0 Å². The number of aryl methyl sites for hydroxylation is 1. The topological polar surface area (TPSA) is 29.9 Å². The highest BCUT2D eigenvalue weighted by Gasteiger charge is 2.03. The van der Waals surface area contributed by atoms with Crippen molar-refractivity contribution in [2.75, 3.05) is 5.32 Å². The number of benzene rings is 1. The van der Waals surface area contributed by atoms with Crippen LogP contribution in [0.25, 0.3) is 0 Å². The summed E-state index contributed by atoms with van der Waals surface area (Å²) in [7, 11) is 0. The molecule has 1 heterocycles. The van der Waals surface area contributed by atoms with Crippen molar-refractivity contribution >= 4 is 33.2 Å². The third kappa shape index (κ3) is 3.01. The van der Waals surface area contributed by atoms with Crippen LogP contribution in [0.5, 0.6) is 0 Å². The minimum Gasteiger partial charge on any atom is -0.378 e. The molecule has 0 atom stereocenters. The maximum atomic E-state index is 6.13. The van der Waals surface area contributed by atoms with Gasteiger partial charge in [0.2, 0.25) is 0 Å². The van der Waals surface area contributed by atoms with Gasteiger partial charge in [-0.3, -0.25) is 0 Å². The fraction of sp³-hybridized carbons (Fsp3) is 0.250. The monoisotopic (exact) mass is 313 g/mol. The van der Waals surface area contributed by atoms with Crippen molar-refractivity contribution in [1.82, 2.24) is 9.55 Å². The lowest BCUT2D eigenvalue weighted by Gasteiger charge is -2.10. The standard InChI is InChI=1S/C12H13BrClN3/c1-2-17-8-15-6-10(17)7-16-12-4-3-9(13)5-11(12)14/h3-6,8,16H,2,7H2,1H3. The van der Waals surface area contributed by atoms with Crippen LogP contribution in [0.4, 0.5) is 5.69 Å². The molecule has 1 N–H and O–H groups in total. The van der Waals surface area contributed by atoms with Gasteiger partial charge in [-0.25, -0.2) is 4.98 Å². The number of halogens is 2. The Hall–Kier alpha value is -1.000. The third-order valence-electron chi connectivity index (χ3n) is 2.53. The molecule has 0 fully saturated rings. The Morgan fingerprint density at radius 2 is 2.29 bits per heavy atom. The highest BCUT2D eigenvalue weighted by Crippen LogP contribution is 2.25. The minimum atomic E-state index is 0.710. The number of nitrogens with zero attached hydrogens (tertiary/aromatic N) is 2. The van der Waals surface area contributed by atoms with Crippen LogP contribution in [-0.2, 0) is 13.1 Å². The number of aromatic nitrogens is 2. The predicted molar refractivity (Wildman–Crippen MR) is 74.4 cm³/mol. The van der Waals surface area contributed by atoms with Crippen molar-refractivity contribution in [1.29, 1.82) is 0 Å². The van der Waals surface area contributed by atoms with E-state index in [9.17, 15) is 0 Å². The number of imidazole rings is 1. The summed E-state index contributed by atoms with van der Waals surface area (Å²) in [5.74, 6) is 0. The number of nitrogens with one attached hydrogen (secondary N) is 1. The van der Waals surface area contributed by atoms with Crippen molar-refractivity contribution < 1.29 is 0 Å². The number of rotatable bonds is 4. The summed E-state index contributed by atoms with van der Waals surface area (Å²) in [6.07, 6.45) is 3.70. The third-order valence-corrected chi connectivity index (χ3v) is 3.34. The summed E-state index contributed by atoms with van der Waals surface area (Å²) in [5, 5.41) is 4.01. The molecule has 0 aliphatic carbocycles. The molecule has 0 aliphatic rings. The Labute approximate surface area is 114 Å². The van der Waals surface area contributed by atoms with E-state index in [0.29, 0.717) is 5.02 Å². The van der Waals surface area contributed by atoms with Gasteiger partial charge in [-0.2, -0.15) is 0 Å². The van der Waals surface area contributed by atoms with Gasteiger partial charge in [-0.05, 0) is 25.1 Å². The van der Waals surface area contributed by atoms with Crippen LogP contribution in [0.1, 0.15) is 12.6 Å². The van der Waals surface area contributed by atoms with Gasteiger partial charge in [0.15, 0.2) is 0 Å². The Bertz CT molecular complexity index is 510. The first-order valence-electron chi connectivity index (χ1n) is 5.38. The van der Waals surface area contributed by atoms with Crippen LogP contribution in [0.3, 0.4) is 0 Å². The molecule has 1 aromatic carbocycles. The van der Waals surface area contributed by atoms with E-state index in [1.807, 2.05) is 30.7 Å². The molecule has 0 bridgehead atoms. The SMILES string of the molecule is CCn1cncc1CNc1ccc(Br)cc1Cl. The molecular formula is C12H13BrClN3. The Morgan fingerprint density at radius 1 is 1.47 bits per heavy atom. The van der Waals surface area contributed by atoms with Crippen LogP contribution < -0.4 is 5.32 Å². The molecule has 0 saturated carbocycles. The van der Waals surface area contributed by atoms with Gasteiger partial charge in [-0.15, -0.1) is 0 Å². The van der Waals surface area contributed by atoms with E-state index in [4.69, 9.17) is 11.6 Å². The molecule has 0 saturated heterocycles. The predicted octanol–water partition coefficient (Wildman–Crippen LogP) is 3.93. The van der Waals surface area contributed by atoms with Gasteiger partial charge in [0.25, 0.3) is 0 Å². The highest BCUT2D eigenvalue weighted by molar-refractivity contribution is 9.10. The largest absolute Gasteiger partial charge is 0.378 e. The molecule has 17 heavy (non-hydrogen) atoms. The normalized spacial score (nSPS) is 10.5. The van der Waals surface area contributed by atoms with E-state index in [1.54, 1.807) is 0 Å². The molecule has 0 spiro atoms. The summed E-state index contributed by atoms with van der Waals surface area (Å²) in [4.78, 5) is 4.12. The first-order valence-corrected chi connectivity index (χ1v) is 6.55. The number of hydrogen-bond donors (Lipinski definition) is 1. The summed E-state index contributed by atoms with van der Waals surface area (Å²) < 4.78 is 3.08. The molecule has 2 rings (SSSR count). The fourth-order valence-electron chi connectivity index (χ4n) is 1.60. The van der Waals surface area contributed by atoms with E-state index >= 15 is 0 Å². The summed E-state index contributed by atoms with van der Waals surface area (Å²) >= 11 is 9.51. The Morgan fingerprint density at radius 3 is 3.00 bits per heavy atom.